The van der Waals surface area contributed by atoms with Gasteiger partial charge in [-0.15, -0.1) is 11.8 Å². The lowest BCUT2D eigenvalue weighted by Crippen LogP contribution is -1.96. The fraction of sp³-hybridized carbons (Fsp3) is 0.500. The topological polar surface area (TPSA) is 61.6 Å². The molecule has 0 heterocycles. The first kappa shape index (κ1) is 18.4. The van der Waals surface area contributed by atoms with Crippen LogP contribution < -0.4 is 9.47 Å². The standard InChI is InChI=1S/C16H23NO4S/c1-5-6-7-8-22-16-11-14(20-3)13(10-15(16)21-4)9-12(2)17(18)19/h9-11H,5-8H2,1-4H3. The number of allylic oxidation sites excluding steroid dienone is 1. The third-order valence-electron chi connectivity index (χ3n) is 3.17. The van der Waals surface area contributed by atoms with Gasteiger partial charge in [0.25, 0.3) is 0 Å². The summed E-state index contributed by atoms with van der Waals surface area (Å²) >= 11 is 1.72. The van der Waals surface area contributed by atoms with Crippen molar-refractivity contribution in [3.63, 3.8) is 0 Å². The van der Waals surface area contributed by atoms with Crippen LogP contribution in [-0.4, -0.2) is 24.9 Å². The predicted octanol–water partition coefficient (Wildman–Crippen LogP) is 4.62. The van der Waals surface area contributed by atoms with Gasteiger partial charge < -0.3 is 9.47 Å². The second-order valence-electron chi connectivity index (χ2n) is 4.84. The number of ether oxygens (including phenoxy) is 2. The smallest absolute Gasteiger partial charge is 0.243 e. The molecule has 0 aliphatic carbocycles. The zero-order chi connectivity index (χ0) is 16.5. The summed E-state index contributed by atoms with van der Waals surface area (Å²) in [5, 5.41) is 10.8. The molecule has 0 saturated heterocycles. The van der Waals surface area contributed by atoms with Gasteiger partial charge in [0.15, 0.2) is 0 Å². The molecule has 0 amide bonds. The van der Waals surface area contributed by atoms with Crippen molar-refractivity contribution in [2.24, 2.45) is 0 Å². The quantitative estimate of drug-likeness (QED) is 0.287. The predicted molar refractivity (Wildman–Crippen MR) is 90.4 cm³/mol. The number of nitro groups is 1. The Labute approximate surface area is 135 Å². The Kier molecular flexibility index (Phi) is 7.80. The fourth-order valence-corrected chi connectivity index (χ4v) is 2.97. The lowest BCUT2D eigenvalue weighted by molar-refractivity contribution is -0.422. The highest BCUT2D eigenvalue weighted by molar-refractivity contribution is 7.99. The molecule has 0 unspecified atom stereocenters. The number of nitrogens with zero attached hydrogens (tertiary/aromatic N) is 1. The first-order valence-corrected chi connectivity index (χ1v) is 8.23. The molecule has 0 aliphatic heterocycles. The van der Waals surface area contributed by atoms with Crippen molar-refractivity contribution in [2.45, 2.75) is 38.0 Å². The molecule has 0 radical (unpaired) electrons. The molecule has 122 valence electrons. The summed E-state index contributed by atoms with van der Waals surface area (Å²) in [6, 6.07) is 3.67. The molecule has 1 aromatic rings. The van der Waals surface area contributed by atoms with Crippen LogP contribution in [0.4, 0.5) is 0 Å². The van der Waals surface area contributed by atoms with Crippen LogP contribution >= 0.6 is 11.8 Å². The minimum Gasteiger partial charge on any atom is -0.496 e. The number of benzene rings is 1. The van der Waals surface area contributed by atoms with E-state index in [-0.39, 0.29) is 5.70 Å². The molecule has 1 rings (SSSR count). The molecular formula is C16H23NO4S. The normalized spacial score (nSPS) is 11.4. The molecule has 22 heavy (non-hydrogen) atoms. The average molecular weight is 325 g/mol. The fourth-order valence-electron chi connectivity index (χ4n) is 1.93. The van der Waals surface area contributed by atoms with E-state index in [9.17, 15) is 10.1 Å². The Morgan fingerprint density at radius 3 is 2.50 bits per heavy atom. The zero-order valence-electron chi connectivity index (χ0n) is 13.5. The van der Waals surface area contributed by atoms with Crippen LogP contribution in [0.3, 0.4) is 0 Å². The van der Waals surface area contributed by atoms with Gasteiger partial charge in [-0.25, -0.2) is 0 Å². The highest BCUT2D eigenvalue weighted by Crippen LogP contribution is 2.37. The first-order valence-electron chi connectivity index (χ1n) is 7.25. The van der Waals surface area contributed by atoms with E-state index >= 15 is 0 Å². The molecular weight excluding hydrogens is 302 g/mol. The molecule has 0 N–H and O–H groups in total. The highest BCUT2D eigenvalue weighted by atomic mass is 32.2. The Balaban J connectivity index is 3.06. The molecule has 1 aromatic carbocycles. The van der Waals surface area contributed by atoms with Crippen molar-refractivity contribution in [1.29, 1.82) is 0 Å². The maximum Gasteiger partial charge on any atom is 0.243 e. The van der Waals surface area contributed by atoms with Gasteiger partial charge in [-0.05, 0) is 24.3 Å². The van der Waals surface area contributed by atoms with Crippen LogP contribution in [0.2, 0.25) is 0 Å². The van der Waals surface area contributed by atoms with E-state index in [1.807, 2.05) is 6.07 Å². The summed E-state index contributed by atoms with van der Waals surface area (Å²) in [5.74, 6) is 2.33. The highest BCUT2D eigenvalue weighted by Gasteiger charge is 2.13. The van der Waals surface area contributed by atoms with Crippen LogP contribution in [0.5, 0.6) is 11.5 Å². The number of hydrogen-bond acceptors (Lipinski definition) is 5. The summed E-state index contributed by atoms with van der Waals surface area (Å²) in [6.07, 6.45) is 5.03. The van der Waals surface area contributed by atoms with Crippen molar-refractivity contribution >= 4 is 17.8 Å². The van der Waals surface area contributed by atoms with Gasteiger partial charge in [0.2, 0.25) is 5.70 Å². The SMILES string of the molecule is CCCCCSc1cc(OC)c(C=C(C)[N+](=O)[O-])cc1OC. The van der Waals surface area contributed by atoms with Crippen LogP contribution in [0, 0.1) is 10.1 Å². The van der Waals surface area contributed by atoms with E-state index in [2.05, 4.69) is 6.92 Å². The molecule has 0 saturated carbocycles. The molecule has 0 aliphatic rings. The summed E-state index contributed by atoms with van der Waals surface area (Å²) in [5.41, 5.74) is 0.704. The van der Waals surface area contributed by atoms with E-state index < -0.39 is 4.92 Å². The molecule has 0 spiro atoms. The molecule has 0 bridgehead atoms. The lowest BCUT2D eigenvalue weighted by atomic mass is 10.1. The van der Waals surface area contributed by atoms with E-state index in [1.165, 1.54) is 25.8 Å². The minimum atomic E-state index is -0.417. The minimum absolute atomic E-state index is 0.0590. The molecule has 0 fully saturated rings. The van der Waals surface area contributed by atoms with Crippen molar-refractivity contribution in [1.82, 2.24) is 0 Å². The van der Waals surface area contributed by atoms with Gasteiger partial charge >= 0.3 is 0 Å². The molecule has 0 aromatic heterocycles. The van der Waals surface area contributed by atoms with E-state index in [0.717, 1.165) is 17.1 Å². The maximum absolute atomic E-state index is 10.8. The largest absolute Gasteiger partial charge is 0.496 e. The second kappa shape index (κ2) is 9.35. The maximum atomic E-state index is 10.8. The van der Waals surface area contributed by atoms with Crippen LogP contribution in [0.15, 0.2) is 22.7 Å². The number of thioether (sulfide) groups is 1. The van der Waals surface area contributed by atoms with Gasteiger partial charge in [0.1, 0.15) is 11.5 Å². The van der Waals surface area contributed by atoms with E-state index in [1.54, 1.807) is 32.0 Å². The van der Waals surface area contributed by atoms with Crippen LogP contribution in [0.25, 0.3) is 6.08 Å². The van der Waals surface area contributed by atoms with Gasteiger partial charge in [0.05, 0.1) is 24.0 Å². The number of hydrogen-bond donors (Lipinski definition) is 0. The Bertz CT molecular complexity index is 543. The van der Waals surface area contributed by atoms with Crippen molar-refractivity contribution in [3.8, 4) is 11.5 Å². The first-order chi connectivity index (χ1) is 10.5. The number of methoxy groups -OCH3 is 2. The van der Waals surface area contributed by atoms with Crippen molar-refractivity contribution in [3.05, 3.63) is 33.5 Å². The van der Waals surface area contributed by atoms with Crippen molar-refractivity contribution in [2.75, 3.05) is 20.0 Å². The Morgan fingerprint density at radius 2 is 1.95 bits per heavy atom. The molecule has 5 nitrogen and oxygen atoms in total. The van der Waals surface area contributed by atoms with Crippen LogP contribution in [-0.2, 0) is 0 Å². The van der Waals surface area contributed by atoms with Gasteiger partial charge in [0, 0.05) is 18.6 Å². The second-order valence-corrected chi connectivity index (χ2v) is 5.98. The Morgan fingerprint density at radius 1 is 1.27 bits per heavy atom. The van der Waals surface area contributed by atoms with E-state index in [0.29, 0.717) is 17.1 Å². The van der Waals surface area contributed by atoms with E-state index in [4.69, 9.17) is 9.47 Å². The van der Waals surface area contributed by atoms with Gasteiger partial charge in [-0.3, -0.25) is 10.1 Å². The van der Waals surface area contributed by atoms with Gasteiger partial charge in [-0.2, -0.15) is 0 Å². The molecule has 0 atom stereocenters. The zero-order valence-corrected chi connectivity index (χ0v) is 14.4. The summed E-state index contributed by atoms with van der Waals surface area (Å²) in [6.45, 7) is 3.63. The monoisotopic (exact) mass is 325 g/mol. The van der Waals surface area contributed by atoms with Crippen LogP contribution in [0.1, 0.15) is 38.7 Å². The molecule has 6 heteroatoms. The Hall–Kier alpha value is -1.69. The lowest BCUT2D eigenvalue weighted by Gasteiger charge is -2.13. The number of unbranched alkanes of at least 4 members (excludes halogenated alkanes) is 2. The average Bonchev–Trinajstić information content (AvgIpc) is 2.51. The number of rotatable bonds is 9. The summed E-state index contributed by atoms with van der Waals surface area (Å²) in [7, 11) is 3.16. The summed E-state index contributed by atoms with van der Waals surface area (Å²) in [4.78, 5) is 11.4. The van der Waals surface area contributed by atoms with Crippen molar-refractivity contribution < 1.29 is 14.4 Å². The summed E-state index contributed by atoms with van der Waals surface area (Å²) < 4.78 is 10.8. The third kappa shape index (κ3) is 5.26. The van der Waals surface area contributed by atoms with Gasteiger partial charge in [-0.1, -0.05) is 19.8 Å². The third-order valence-corrected chi connectivity index (χ3v) is 4.30.